The number of halogens is 1. The van der Waals surface area contributed by atoms with Crippen LogP contribution in [0.1, 0.15) is 40.0 Å². The molecule has 2 aliphatic rings. The Hall–Kier alpha value is 0.210. The van der Waals surface area contributed by atoms with Crippen LogP contribution in [0.15, 0.2) is 0 Å². The molecule has 0 bridgehead atoms. The molecule has 0 spiro atoms. The van der Waals surface area contributed by atoms with Gasteiger partial charge in [-0.25, -0.2) is 0 Å². The van der Waals surface area contributed by atoms with Crippen LogP contribution in [0.3, 0.4) is 0 Å². The van der Waals surface area contributed by atoms with Gasteiger partial charge in [-0.15, -0.1) is 12.4 Å². The van der Waals surface area contributed by atoms with E-state index in [0.29, 0.717) is 0 Å². The van der Waals surface area contributed by atoms with Crippen molar-refractivity contribution in [1.82, 2.24) is 5.32 Å². The van der Waals surface area contributed by atoms with E-state index in [2.05, 4.69) is 26.1 Å². The predicted octanol–water partition coefficient (Wildman–Crippen LogP) is 2.32. The Labute approximate surface area is 86.8 Å². The molecule has 1 N–H and O–H groups in total. The molecule has 1 heterocycles. The summed E-state index contributed by atoms with van der Waals surface area (Å²) in [5.41, 5.74) is 0.145. The quantitative estimate of drug-likeness (QED) is 0.710. The van der Waals surface area contributed by atoms with E-state index >= 15 is 0 Å². The highest BCUT2D eigenvalue weighted by Crippen LogP contribution is 2.40. The van der Waals surface area contributed by atoms with E-state index in [-0.39, 0.29) is 23.7 Å². The maximum Gasteiger partial charge on any atom is 0.119 e. The van der Waals surface area contributed by atoms with E-state index in [4.69, 9.17) is 4.74 Å². The van der Waals surface area contributed by atoms with Gasteiger partial charge in [0.1, 0.15) is 5.72 Å². The molecule has 1 saturated carbocycles. The third kappa shape index (κ3) is 2.00. The van der Waals surface area contributed by atoms with Crippen LogP contribution in [-0.2, 0) is 4.74 Å². The zero-order valence-corrected chi connectivity index (χ0v) is 9.54. The van der Waals surface area contributed by atoms with Crippen LogP contribution >= 0.6 is 12.4 Å². The van der Waals surface area contributed by atoms with Gasteiger partial charge in [0.2, 0.25) is 0 Å². The highest BCUT2D eigenvalue weighted by Gasteiger charge is 2.47. The van der Waals surface area contributed by atoms with Gasteiger partial charge in [-0.05, 0) is 33.6 Å². The Morgan fingerprint density at radius 2 is 1.85 bits per heavy atom. The molecule has 78 valence electrons. The van der Waals surface area contributed by atoms with Crippen molar-refractivity contribution in [2.45, 2.75) is 51.3 Å². The van der Waals surface area contributed by atoms with Gasteiger partial charge in [-0.2, -0.15) is 0 Å². The van der Waals surface area contributed by atoms with Crippen molar-refractivity contribution in [2.24, 2.45) is 5.92 Å². The first-order valence-electron chi connectivity index (χ1n) is 4.95. The van der Waals surface area contributed by atoms with Crippen LogP contribution in [0.2, 0.25) is 0 Å². The summed E-state index contributed by atoms with van der Waals surface area (Å²) in [4.78, 5) is 0. The fourth-order valence-electron chi connectivity index (χ4n) is 2.25. The molecule has 0 amide bonds. The smallest absolute Gasteiger partial charge is 0.119 e. The number of nitrogens with one attached hydrogen (secondary N) is 1. The predicted molar refractivity (Wildman–Crippen MR) is 56.2 cm³/mol. The summed E-state index contributed by atoms with van der Waals surface area (Å²) in [5, 5.41) is 3.59. The molecule has 1 atom stereocenters. The summed E-state index contributed by atoms with van der Waals surface area (Å²) in [6.45, 7) is 7.46. The average molecular weight is 206 g/mol. The fraction of sp³-hybridized carbons (Fsp3) is 1.00. The van der Waals surface area contributed by atoms with Gasteiger partial charge in [0.25, 0.3) is 0 Å². The molecular weight excluding hydrogens is 186 g/mol. The molecule has 2 fully saturated rings. The van der Waals surface area contributed by atoms with Gasteiger partial charge in [0.05, 0.1) is 6.61 Å². The molecule has 1 aliphatic carbocycles. The Balaban J connectivity index is 0.000000845. The third-order valence-electron chi connectivity index (χ3n) is 3.20. The minimum atomic E-state index is -0.0260. The second-order valence-electron chi connectivity index (χ2n) is 5.03. The molecule has 0 radical (unpaired) electrons. The number of hydrogen-bond donors (Lipinski definition) is 1. The highest BCUT2D eigenvalue weighted by atomic mass is 35.5. The topological polar surface area (TPSA) is 21.3 Å². The molecule has 0 aromatic carbocycles. The molecule has 0 aromatic heterocycles. The average Bonchev–Trinajstić information content (AvgIpc) is 2.01. The summed E-state index contributed by atoms with van der Waals surface area (Å²) in [6.07, 6.45) is 4.05. The molecule has 1 aliphatic heterocycles. The van der Waals surface area contributed by atoms with Gasteiger partial charge in [0, 0.05) is 11.5 Å². The van der Waals surface area contributed by atoms with Crippen molar-refractivity contribution in [3.63, 3.8) is 0 Å². The van der Waals surface area contributed by atoms with Gasteiger partial charge in [0.15, 0.2) is 0 Å². The molecular formula is C10H20ClNO. The summed E-state index contributed by atoms with van der Waals surface area (Å²) < 4.78 is 5.85. The van der Waals surface area contributed by atoms with Gasteiger partial charge < -0.3 is 4.74 Å². The van der Waals surface area contributed by atoms with Crippen molar-refractivity contribution < 1.29 is 4.74 Å². The van der Waals surface area contributed by atoms with Gasteiger partial charge in [-0.1, -0.05) is 6.42 Å². The monoisotopic (exact) mass is 205 g/mol. The second-order valence-corrected chi connectivity index (χ2v) is 5.03. The maximum absolute atomic E-state index is 5.85. The van der Waals surface area contributed by atoms with E-state index in [1.54, 1.807) is 0 Å². The summed E-state index contributed by atoms with van der Waals surface area (Å²) in [5.74, 6) is 0.749. The van der Waals surface area contributed by atoms with Crippen molar-refractivity contribution in [3.8, 4) is 0 Å². The molecule has 2 nitrogen and oxygen atoms in total. The minimum Gasteiger partial charge on any atom is -0.359 e. The minimum absolute atomic E-state index is 0. The van der Waals surface area contributed by atoms with Crippen LogP contribution in [0, 0.1) is 5.92 Å². The second kappa shape index (κ2) is 3.41. The molecule has 2 rings (SSSR count). The molecule has 13 heavy (non-hydrogen) atoms. The van der Waals surface area contributed by atoms with E-state index < -0.39 is 0 Å². The number of rotatable bonds is 1. The zero-order chi connectivity index (χ0) is 8.82. The Morgan fingerprint density at radius 3 is 2.15 bits per heavy atom. The van der Waals surface area contributed by atoms with Crippen LogP contribution < -0.4 is 5.32 Å². The lowest BCUT2D eigenvalue weighted by Gasteiger charge is -2.40. The van der Waals surface area contributed by atoms with Crippen molar-refractivity contribution >= 4 is 12.4 Å². The normalized spacial score (nSPS) is 38.1. The lowest BCUT2D eigenvalue weighted by atomic mass is 9.78. The number of hydrogen-bond acceptors (Lipinski definition) is 2. The highest BCUT2D eigenvalue weighted by molar-refractivity contribution is 5.85. The fourth-order valence-corrected chi connectivity index (χ4v) is 2.25. The Kier molecular flexibility index (Phi) is 2.96. The molecule has 1 unspecified atom stereocenters. The Morgan fingerprint density at radius 1 is 1.23 bits per heavy atom. The first-order valence-corrected chi connectivity index (χ1v) is 4.95. The molecule has 1 saturated heterocycles. The summed E-state index contributed by atoms with van der Waals surface area (Å²) >= 11 is 0. The van der Waals surface area contributed by atoms with Gasteiger partial charge >= 0.3 is 0 Å². The van der Waals surface area contributed by atoms with E-state index in [0.717, 1.165) is 12.5 Å². The van der Waals surface area contributed by atoms with Crippen LogP contribution in [0.25, 0.3) is 0 Å². The van der Waals surface area contributed by atoms with Crippen LogP contribution in [-0.4, -0.2) is 17.9 Å². The van der Waals surface area contributed by atoms with Gasteiger partial charge in [-0.3, -0.25) is 5.32 Å². The van der Waals surface area contributed by atoms with Crippen molar-refractivity contribution in [2.75, 3.05) is 6.61 Å². The van der Waals surface area contributed by atoms with E-state index in [1.165, 1.54) is 19.3 Å². The largest absolute Gasteiger partial charge is 0.359 e. The molecule has 3 heteroatoms. The van der Waals surface area contributed by atoms with E-state index in [9.17, 15) is 0 Å². The maximum atomic E-state index is 5.85. The Bertz CT molecular complexity index is 191. The van der Waals surface area contributed by atoms with Crippen molar-refractivity contribution in [3.05, 3.63) is 0 Å². The van der Waals surface area contributed by atoms with Crippen LogP contribution in [0.4, 0.5) is 0 Å². The third-order valence-corrected chi connectivity index (χ3v) is 3.20. The van der Waals surface area contributed by atoms with Crippen LogP contribution in [0.5, 0.6) is 0 Å². The van der Waals surface area contributed by atoms with Crippen molar-refractivity contribution in [1.29, 1.82) is 0 Å². The summed E-state index contributed by atoms with van der Waals surface area (Å²) in [6, 6.07) is 0. The SMILES string of the molecule is CC1(C)COC(C)(C2CCC2)N1.Cl. The zero-order valence-electron chi connectivity index (χ0n) is 8.72. The first kappa shape index (κ1) is 11.3. The molecule has 0 aromatic rings. The first-order chi connectivity index (χ1) is 5.52. The van der Waals surface area contributed by atoms with E-state index in [1.807, 2.05) is 0 Å². The standard InChI is InChI=1S/C10H19NO.ClH/c1-9(2)7-12-10(3,11-9)8-5-4-6-8;/h8,11H,4-7H2,1-3H3;1H. The lowest BCUT2D eigenvalue weighted by Crippen LogP contribution is -2.52. The summed E-state index contributed by atoms with van der Waals surface area (Å²) in [7, 11) is 0. The lowest BCUT2D eigenvalue weighted by molar-refractivity contribution is -0.0693. The number of ether oxygens (including phenoxy) is 1.